The van der Waals surface area contributed by atoms with Crippen LogP contribution < -0.4 is 10.2 Å². The first-order valence-corrected chi connectivity index (χ1v) is 7.07. The van der Waals surface area contributed by atoms with Crippen molar-refractivity contribution in [1.82, 2.24) is 5.32 Å². The Balaban J connectivity index is 2.09. The lowest BCUT2D eigenvalue weighted by molar-refractivity contribution is -0.141. The molecule has 1 aliphatic rings. The van der Waals surface area contributed by atoms with Crippen molar-refractivity contribution in [3.63, 3.8) is 0 Å². The minimum Gasteiger partial charge on any atom is -0.481 e. The molecule has 0 saturated carbocycles. The number of fused-ring (bicyclic) bond motifs is 1. The number of anilines is 1. The number of nitrogens with zero attached hydrogens (tertiary/aromatic N) is 1. The third-order valence-corrected chi connectivity index (χ3v) is 3.47. The third-order valence-electron chi connectivity index (χ3n) is 3.47. The Kier molecular flexibility index (Phi) is 5.16. The van der Waals surface area contributed by atoms with E-state index in [1.807, 2.05) is 31.2 Å². The van der Waals surface area contributed by atoms with E-state index in [2.05, 4.69) is 5.32 Å². The molecule has 21 heavy (non-hydrogen) atoms. The first-order chi connectivity index (χ1) is 10.1. The molecule has 1 unspecified atom stereocenters. The number of aliphatic carboxylic acids is 1. The van der Waals surface area contributed by atoms with Gasteiger partial charge in [0.1, 0.15) is 0 Å². The average Bonchev–Trinajstić information content (AvgIpc) is 2.50. The minimum atomic E-state index is -0.878. The number of carbonyl (C=O) groups is 2. The number of rotatable bonds is 5. The van der Waals surface area contributed by atoms with Gasteiger partial charge in [0.2, 0.25) is 0 Å². The van der Waals surface area contributed by atoms with E-state index in [4.69, 9.17) is 4.74 Å². The number of nitrogens with one attached hydrogen (secondary N) is 1. The maximum atomic E-state index is 12.3. The summed E-state index contributed by atoms with van der Waals surface area (Å²) in [6.45, 7) is 3.53. The van der Waals surface area contributed by atoms with Crippen molar-refractivity contribution in [2.24, 2.45) is 5.92 Å². The van der Waals surface area contributed by atoms with Crippen LogP contribution in [0.4, 0.5) is 10.5 Å². The molecule has 1 aromatic rings. The molecular weight excluding hydrogens is 272 g/mol. The molecule has 0 spiro atoms. The molecule has 2 rings (SSSR count). The Morgan fingerprint density at radius 1 is 1.43 bits per heavy atom. The van der Waals surface area contributed by atoms with Crippen molar-refractivity contribution in [3.05, 3.63) is 29.8 Å². The van der Waals surface area contributed by atoms with Crippen molar-refractivity contribution >= 4 is 17.7 Å². The number of hydrogen-bond acceptors (Lipinski definition) is 3. The van der Waals surface area contributed by atoms with E-state index in [1.165, 1.54) is 4.90 Å². The lowest BCUT2D eigenvalue weighted by Gasteiger charge is -2.32. The molecule has 2 N–H and O–H groups in total. The zero-order chi connectivity index (χ0) is 15.2. The molecule has 6 heteroatoms. The van der Waals surface area contributed by atoms with Crippen LogP contribution in [0, 0.1) is 5.92 Å². The van der Waals surface area contributed by atoms with Gasteiger partial charge < -0.3 is 15.2 Å². The number of carboxylic acids is 1. The molecule has 6 nitrogen and oxygen atoms in total. The summed E-state index contributed by atoms with van der Waals surface area (Å²) >= 11 is 0. The number of amides is 2. The van der Waals surface area contributed by atoms with E-state index in [-0.39, 0.29) is 12.6 Å². The molecule has 114 valence electrons. The Morgan fingerprint density at radius 3 is 2.90 bits per heavy atom. The summed E-state index contributed by atoms with van der Waals surface area (Å²) in [5.74, 6) is -1.45. The number of urea groups is 1. The summed E-state index contributed by atoms with van der Waals surface area (Å²) in [7, 11) is 0. The van der Waals surface area contributed by atoms with Gasteiger partial charge in [-0.1, -0.05) is 18.2 Å². The summed E-state index contributed by atoms with van der Waals surface area (Å²) in [4.78, 5) is 25.0. The van der Waals surface area contributed by atoms with Gasteiger partial charge in [-0.2, -0.15) is 0 Å². The van der Waals surface area contributed by atoms with Crippen LogP contribution >= 0.6 is 0 Å². The topological polar surface area (TPSA) is 78.9 Å². The molecule has 0 aromatic heterocycles. The summed E-state index contributed by atoms with van der Waals surface area (Å²) in [6.07, 6.45) is 0.453. The molecule has 0 radical (unpaired) electrons. The van der Waals surface area contributed by atoms with E-state index in [0.717, 1.165) is 11.3 Å². The monoisotopic (exact) mass is 292 g/mol. The first-order valence-electron chi connectivity index (χ1n) is 7.07. The predicted octanol–water partition coefficient (Wildman–Crippen LogP) is 1.50. The third kappa shape index (κ3) is 3.72. The molecule has 1 atom stereocenters. The van der Waals surface area contributed by atoms with Gasteiger partial charge in [-0.3, -0.25) is 9.69 Å². The van der Waals surface area contributed by atoms with E-state index in [9.17, 15) is 14.7 Å². The number of carboxylic acid groups (broad SMARTS) is 1. The molecule has 1 heterocycles. The van der Waals surface area contributed by atoms with Gasteiger partial charge in [0.15, 0.2) is 0 Å². The Bertz CT molecular complexity index is 518. The highest BCUT2D eigenvalue weighted by atomic mass is 16.5. The fourth-order valence-corrected chi connectivity index (χ4v) is 2.42. The lowest BCUT2D eigenvalue weighted by Crippen LogP contribution is -2.48. The van der Waals surface area contributed by atoms with Crippen LogP contribution in [-0.4, -0.2) is 43.4 Å². The largest absolute Gasteiger partial charge is 0.481 e. The second-order valence-corrected chi connectivity index (χ2v) is 4.91. The standard InChI is InChI=1S/C15H20N2O4/c1-2-21-8-7-16-15(20)17-10-12(14(18)19)9-11-5-3-4-6-13(11)17/h3-6,12H,2,7-10H2,1H3,(H,16,20)(H,18,19). The van der Waals surface area contributed by atoms with Crippen LogP contribution in [0.1, 0.15) is 12.5 Å². The number of para-hydroxylation sites is 1. The van der Waals surface area contributed by atoms with Crippen LogP contribution in [0.3, 0.4) is 0 Å². The van der Waals surface area contributed by atoms with Gasteiger partial charge in [0, 0.05) is 25.4 Å². The summed E-state index contributed by atoms with van der Waals surface area (Å²) < 4.78 is 5.17. The van der Waals surface area contributed by atoms with Gasteiger partial charge in [-0.15, -0.1) is 0 Å². The van der Waals surface area contributed by atoms with E-state index >= 15 is 0 Å². The summed E-state index contributed by atoms with van der Waals surface area (Å²) in [5.41, 5.74) is 1.67. The highest BCUT2D eigenvalue weighted by Crippen LogP contribution is 2.29. The summed E-state index contributed by atoms with van der Waals surface area (Å²) in [6, 6.07) is 7.13. The second kappa shape index (κ2) is 7.08. The average molecular weight is 292 g/mol. The quantitative estimate of drug-likeness (QED) is 0.806. The highest BCUT2D eigenvalue weighted by Gasteiger charge is 2.31. The van der Waals surface area contributed by atoms with Gasteiger partial charge >= 0.3 is 12.0 Å². The summed E-state index contributed by atoms with van der Waals surface area (Å²) in [5, 5.41) is 12.0. The normalized spacial score (nSPS) is 17.2. The van der Waals surface area contributed by atoms with Crippen molar-refractivity contribution < 1.29 is 19.4 Å². The molecule has 0 bridgehead atoms. The molecule has 0 saturated heterocycles. The zero-order valence-electron chi connectivity index (χ0n) is 12.0. The SMILES string of the molecule is CCOCCNC(=O)N1CC(C(=O)O)Cc2ccccc21. The van der Waals surface area contributed by atoms with E-state index in [1.54, 1.807) is 0 Å². The minimum absolute atomic E-state index is 0.187. The number of hydrogen-bond donors (Lipinski definition) is 2. The fraction of sp³-hybridized carbons (Fsp3) is 0.467. The Labute approximate surface area is 123 Å². The van der Waals surface area contributed by atoms with Gasteiger partial charge in [0.25, 0.3) is 0 Å². The second-order valence-electron chi connectivity index (χ2n) is 4.91. The molecule has 2 amide bonds. The lowest BCUT2D eigenvalue weighted by atomic mass is 9.93. The Morgan fingerprint density at radius 2 is 2.19 bits per heavy atom. The Hall–Kier alpha value is -2.08. The van der Waals surface area contributed by atoms with Crippen LogP contribution in [0.25, 0.3) is 0 Å². The van der Waals surface area contributed by atoms with Crippen molar-refractivity contribution in [2.75, 3.05) is 31.2 Å². The van der Waals surface area contributed by atoms with Gasteiger partial charge in [-0.05, 0) is 25.0 Å². The van der Waals surface area contributed by atoms with Crippen molar-refractivity contribution in [2.45, 2.75) is 13.3 Å². The smallest absolute Gasteiger partial charge is 0.321 e. The molecule has 1 aliphatic heterocycles. The van der Waals surface area contributed by atoms with E-state index in [0.29, 0.717) is 26.2 Å². The fourth-order valence-electron chi connectivity index (χ4n) is 2.42. The van der Waals surface area contributed by atoms with Crippen LogP contribution in [0.2, 0.25) is 0 Å². The highest BCUT2D eigenvalue weighted by molar-refractivity contribution is 5.94. The molecular formula is C15H20N2O4. The maximum Gasteiger partial charge on any atom is 0.321 e. The van der Waals surface area contributed by atoms with Crippen LogP contribution in [0.15, 0.2) is 24.3 Å². The first kappa shape index (κ1) is 15.3. The van der Waals surface area contributed by atoms with Gasteiger partial charge in [-0.25, -0.2) is 4.79 Å². The number of ether oxygens (including phenoxy) is 1. The zero-order valence-corrected chi connectivity index (χ0v) is 12.0. The van der Waals surface area contributed by atoms with Crippen molar-refractivity contribution in [3.8, 4) is 0 Å². The van der Waals surface area contributed by atoms with Crippen LogP contribution in [0.5, 0.6) is 0 Å². The van der Waals surface area contributed by atoms with Crippen molar-refractivity contribution in [1.29, 1.82) is 0 Å². The number of benzene rings is 1. The predicted molar refractivity (Wildman–Crippen MR) is 78.5 cm³/mol. The molecule has 0 fully saturated rings. The molecule has 1 aromatic carbocycles. The number of carbonyl (C=O) groups excluding carboxylic acids is 1. The maximum absolute atomic E-state index is 12.3. The van der Waals surface area contributed by atoms with Gasteiger partial charge in [0.05, 0.1) is 12.5 Å². The van der Waals surface area contributed by atoms with Crippen LogP contribution in [-0.2, 0) is 16.0 Å². The molecule has 0 aliphatic carbocycles. The van der Waals surface area contributed by atoms with E-state index < -0.39 is 11.9 Å².